The summed E-state index contributed by atoms with van der Waals surface area (Å²) in [5.41, 5.74) is 2.56. The predicted molar refractivity (Wildman–Crippen MR) is 133 cm³/mol. The molecule has 1 aliphatic heterocycles. The van der Waals surface area contributed by atoms with Crippen molar-refractivity contribution in [2.24, 2.45) is 4.99 Å². The SMILES string of the molecule is CCNC(=NCc1ccc(CN2CCCC2)cc1)NCC(C)(O)c1ccsc1.I. The quantitative estimate of drug-likeness (QED) is 0.276. The number of guanidine groups is 1. The molecule has 1 aromatic heterocycles. The lowest BCUT2D eigenvalue weighted by atomic mass is 9.99. The van der Waals surface area contributed by atoms with E-state index in [1.807, 2.05) is 30.7 Å². The minimum atomic E-state index is -0.923. The summed E-state index contributed by atoms with van der Waals surface area (Å²) < 4.78 is 0. The Hall–Kier alpha value is -1.16. The topological polar surface area (TPSA) is 59.9 Å². The number of nitrogens with one attached hydrogen (secondary N) is 2. The minimum absolute atomic E-state index is 0. The molecule has 1 fully saturated rings. The summed E-state index contributed by atoms with van der Waals surface area (Å²) in [6.07, 6.45) is 2.65. The molecule has 1 aromatic carbocycles. The fraction of sp³-hybridized carbons (Fsp3) is 0.500. The smallest absolute Gasteiger partial charge is 0.191 e. The average Bonchev–Trinajstić information content (AvgIpc) is 3.39. The molecule has 0 spiro atoms. The van der Waals surface area contributed by atoms with Gasteiger partial charge >= 0.3 is 0 Å². The zero-order valence-corrected chi connectivity index (χ0v) is 20.5. The molecule has 0 amide bonds. The first-order valence-corrected chi connectivity index (χ1v) is 11.1. The van der Waals surface area contributed by atoms with Crippen molar-refractivity contribution < 1.29 is 5.11 Å². The van der Waals surface area contributed by atoms with Crippen LogP contribution in [-0.4, -0.2) is 42.1 Å². The van der Waals surface area contributed by atoms with E-state index >= 15 is 0 Å². The minimum Gasteiger partial charge on any atom is -0.384 e. The number of rotatable bonds is 8. The molecule has 3 N–H and O–H groups in total. The fourth-order valence-corrected chi connectivity index (χ4v) is 4.17. The first-order chi connectivity index (χ1) is 13.6. The molecule has 1 saturated heterocycles. The second kappa shape index (κ2) is 11.9. The van der Waals surface area contributed by atoms with Crippen molar-refractivity contribution in [1.29, 1.82) is 0 Å². The second-order valence-electron chi connectivity index (χ2n) is 7.63. The number of thiophene rings is 1. The lowest BCUT2D eigenvalue weighted by Crippen LogP contribution is -2.44. The van der Waals surface area contributed by atoms with Crippen LogP contribution in [0, 0.1) is 0 Å². The maximum atomic E-state index is 10.7. The number of halogens is 1. The lowest BCUT2D eigenvalue weighted by Gasteiger charge is -2.24. The van der Waals surface area contributed by atoms with Crippen molar-refractivity contribution in [3.05, 3.63) is 57.8 Å². The Morgan fingerprint density at radius 1 is 1.14 bits per heavy atom. The van der Waals surface area contributed by atoms with Gasteiger partial charge in [0.1, 0.15) is 5.60 Å². The standard InChI is InChI=1S/C22H32N4OS.HI/c1-3-23-21(25-17-22(2,27)20-10-13-28-16-20)24-14-18-6-8-19(9-7-18)15-26-11-4-5-12-26;/h6-10,13,16,27H,3-5,11-12,14-15,17H2,1-2H3,(H2,23,24,25);1H. The van der Waals surface area contributed by atoms with Crippen LogP contribution < -0.4 is 10.6 Å². The van der Waals surface area contributed by atoms with Crippen molar-refractivity contribution in [3.63, 3.8) is 0 Å². The number of aliphatic imine (C=N–C) groups is 1. The summed E-state index contributed by atoms with van der Waals surface area (Å²) in [4.78, 5) is 7.19. The summed E-state index contributed by atoms with van der Waals surface area (Å²) in [5.74, 6) is 0.721. The van der Waals surface area contributed by atoms with E-state index in [0.717, 1.165) is 24.6 Å². The Kier molecular flexibility index (Phi) is 9.88. The van der Waals surface area contributed by atoms with Crippen LogP contribution in [0.2, 0.25) is 0 Å². The van der Waals surface area contributed by atoms with Gasteiger partial charge in [0, 0.05) is 13.1 Å². The maximum Gasteiger partial charge on any atom is 0.191 e. The summed E-state index contributed by atoms with van der Waals surface area (Å²) in [6, 6.07) is 10.7. The number of nitrogens with zero attached hydrogens (tertiary/aromatic N) is 2. The van der Waals surface area contributed by atoms with Crippen LogP contribution in [-0.2, 0) is 18.7 Å². The summed E-state index contributed by atoms with van der Waals surface area (Å²) >= 11 is 1.59. The molecule has 29 heavy (non-hydrogen) atoms. The van der Waals surface area contributed by atoms with Crippen molar-refractivity contribution in [2.75, 3.05) is 26.2 Å². The molecule has 0 radical (unpaired) electrons. The lowest BCUT2D eigenvalue weighted by molar-refractivity contribution is 0.0621. The van der Waals surface area contributed by atoms with Crippen LogP contribution >= 0.6 is 35.3 Å². The molecule has 0 bridgehead atoms. The third-order valence-corrected chi connectivity index (χ3v) is 5.82. The van der Waals surface area contributed by atoms with E-state index in [9.17, 15) is 5.11 Å². The van der Waals surface area contributed by atoms with E-state index in [2.05, 4.69) is 44.8 Å². The molecule has 2 aromatic rings. The van der Waals surface area contributed by atoms with Crippen LogP contribution in [0.1, 0.15) is 43.4 Å². The Labute approximate surface area is 195 Å². The van der Waals surface area contributed by atoms with Crippen molar-refractivity contribution in [3.8, 4) is 0 Å². The molecule has 0 saturated carbocycles. The predicted octanol–water partition coefficient (Wildman–Crippen LogP) is 3.92. The monoisotopic (exact) mass is 528 g/mol. The highest BCUT2D eigenvalue weighted by molar-refractivity contribution is 14.0. The van der Waals surface area contributed by atoms with Crippen molar-refractivity contribution in [2.45, 2.75) is 45.4 Å². The average molecular weight is 529 g/mol. The summed E-state index contributed by atoms with van der Waals surface area (Å²) in [7, 11) is 0. The number of benzene rings is 1. The van der Waals surface area contributed by atoms with Gasteiger partial charge < -0.3 is 15.7 Å². The Morgan fingerprint density at radius 3 is 2.45 bits per heavy atom. The van der Waals surface area contributed by atoms with E-state index in [4.69, 9.17) is 0 Å². The van der Waals surface area contributed by atoms with Gasteiger partial charge in [-0.1, -0.05) is 24.3 Å². The fourth-order valence-electron chi connectivity index (χ4n) is 3.39. The first kappa shape index (κ1) is 24.1. The highest BCUT2D eigenvalue weighted by atomic mass is 127. The van der Waals surface area contributed by atoms with E-state index in [1.54, 1.807) is 11.3 Å². The van der Waals surface area contributed by atoms with Crippen molar-refractivity contribution >= 4 is 41.3 Å². The largest absolute Gasteiger partial charge is 0.384 e. The number of aliphatic hydroxyl groups is 1. The molecule has 2 heterocycles. The Bertz CT molecular complexity index is 741. The van der Waals surface area contributed by atoms with E-state index in [-0.39, 0.29) is 24.0 Å². The van der Waals surface area contributed by atoms with Crippen LogP contribution in [0.25, 0.3) is 0 Å². The van der Waals surface area contributed by atoms with Gasteiger partial charge in [-0.15, -0.1) is 24.0 Å². The molecule has 0 aliphatic carbocycles. The molecule has 1 unspecified atom stereocenters. The zero-order chi connectivity index (χ0) is 19.8. The van der Waals surface area contributed by atoms with Gasteiger partial charge in [0.2, 0.25) is 0 Å². The van der Waals surface area contributed by atoms with Gasteiger partial charge in [-0.3, -0.25) is 4.90 Å². The highest BCUT2D eigenvalue weighted by Gasteiger charge is 2.23. The Morgan fingerprint density at radius 2 is 1.83 bits per heavy atom. The molecule has 3 rings (SSSR count). The molecule has 5 nitrogen and oxygen atoms in total. The van der Waals surface area contributed by atoms with E-state index in [1.165, 1.54) is 37.1 Å². The normalized spacial score (nSPS) is 16.9. The number of hydrogen-bond donors (Lipinski definition) is 3. The van der Waals surface area contributed by atoms with Gasteiger partial charge in [0.05, 0.1) is 13.1 Å². The molecular weight excluding hydrogens is 495 g/mol. The molecule has 1 atom stereocenters. The van der Waals surface area contributed by atoms with Gasteiger partial charge in [-0.25, -0.2) is 4.99 Å². The second-order valence-corrected chi connectivity index (χ2v) is 8.41. The Balaban J connectivity index is 0.00000300. The van der Waals surface area contributed by atoms with Gasteiger partial charge in [0.15, 0.2) is 5.96 Å². The maximum absolute atomic E-state index is 10.7. The van der Waals surface area contributed by atoms with Crippen LogP contribution in [0.15, 0.2) is 46.1 Å². The molecular formula is C22H33IN4OS. The number of hydrogen-bond acceptors (Lipinski definition) is 4. The van der Waals surface area contributed by atoms with Gasteiger partial charge in [-0.05, 0) is 73.3 Å². The third kappa shape index (κ3) is 7.55. The molecule has 7 heteroatoms. The third-order valence-electron chi connectivity index (χ3n) is 5.13. The summed E-state index contributed by atoms with van der Waals surface area (Å²) in [6.45, 7) is 9.15. The van der Waals surface area contributed by atoms with Crippen LogP contribution in [0.3, 0.4) is 0 Å². The zero-order valence-electron chi connectivity index (χ0n) is 17.4. The number of likely N-dealkylation sites (tertiary alicyclic amines) is 1. The summed E-state index contributed by atoms with van der Waals surface area (Å²) in [5, 5.41) is 21.2. The molecule has 160 valence electrons. The van der Waals surface area contributed by atoms with E-state index < -0.39 is 5.60 Å². The van der Waals surface area contributed by atoms with E-state index in [0.29, 0.717) is 13.1 Å². The van der Waals surface area contributed by atoms with Crippen LogP contribution in [0.5, 0.6) is 0 Å². The van der Waals surface area contributed by atoms with Gasteiger partial charge in [-0.2, -0.15) is 11.3 Å². The van der Waals surface area contributed by atoms with Crippen molar-refractivity contribution in [1.82, 2.24) is 15.5 Å². The molecule has 1 aliphatic rings. The first-order valence-electron chi connectivity index (χ1n) is 10.1. The highest BCUT2D eigenvalue weighted by Crippen LogP contribution is 2.22. The van der Waals surface area contributed by atoms with Crippen LogP contribution in [0.4, 0.5) is 0 Å². The van der Waals surface area contributed by atoms with Gasteiger partial charge in [0.25, 0.3) is 0 Å².